The summed E-state index contributed by atoms with van der Waals surface area (Å²) in [4.78, 5) is 9.04. The van der Waals surface area contributed by atoms with Crippen LogP contribution in [-0.2, 0) is 6.54 Å². The van der Waals surface area contributed by atoms with Crippen molar-refractivity contribution < 1.29 is 5.11 Å². The predicted octanol–water partition coefficient (Wildman–Crippen LogP) is 2.52. The summed E-state index contributed by atoms with van der Waals surface area (Å²) in [5.41, 5.74) is 1.42. The van der Waals surface area contributed by atoms with Crippen LogP contribution in [0.25, 0.3) is 0 Å². The quantitative estimate of drug-likeness (QED) is 0.876. The Hall–Kier alpha value is -1.13. The molecule has 2 heterocycles. The van der Waals surface area contributed by atoms with Crippen LogP contribution in [0.2, 0.25) is 0 Å². The molecule has 0 aromatic carbocycles. The average molecular weight is 303 g/mol. The summed E-state index contributed by atoms with van der Waals surface area (Å²) < 4.78 is 0. The second-order valence-corrected chi connectivity index (χ2v) is 7.54. The highest BCUT2D eigenvalue weighted by Crippen LogP contribution is 2.44. The standard InChI is InChI=1S/C18H29N3O/c1-20(2)17-7-6-16(11-19-17)12-21-9-3-8-18(13-21,14-22)10-15-4-5-15/h6-7,11,15,22H,3-5,8-10,12-14H2,1-2H3/t18-/m1/s1. The normalized spacial score (nSPS) is 26.1. The molecule has 0 radical (unpaired) electrons. The number of piperidine rings is 1. The number of aliphatic hydroxyl groups excluding tert-OH is 1. The molecule has 22 heavy (non-hydrogen) atoms. The lowest BCUT2D eigenvalue weighted by Crippen LogP contribution is -2.45. The van der Waals surface area contributed by atoms with E-state index in [-0.39, 0.29) is 5.41 Å². The van der Waals surface area contributed by atoms with Crippen molar-refractivity contribution in [3.63, 3.8) is 0 Å². The van der Waals surface area contributed by atoms with Crippen LogP contribution in [0.4, 0.5) is 5.82 Å². The van der Waals surface area contributed by atoms with Crippen LogP contribution in [0.5, 0.6) is 0 Å². The number of hydrogen-bond donors (Lipinski definition) is 1. The average Bonchev–Trinajstić information content (AvgIpc) is 3.32. The Balaban J connectivity index is 1.61. The second-order valence-electron chi connectivity index (χ2n) is 7.54. The molecule has 4 nitrogen and oxygen atoms in total. The maximum Gasteiger partial charge on any atom is 0.127 e. The third-order valence-corrected chi connectivity index (χ3v) is 5.17. The number of hydrogen-bond acceptors (Lipinski definition) is 4. The minimum atomic E-state index is 0.149. The van der Waals surface area contributed by atoms with Gasteiger partial charge in [-0.1, -0.05) is 18.9 Å². The molecule has 1 atom stereocenters. The van der Waals surface area contributed by atoms with Crippen molar-refractivity contribution in [2.24, 2.45) is 11.3 Å². The van der Waals surface area contributed by atoms with E-state index in [1.165, 1.54) is 37.7 Å². The van der Waals surface area contributed by atoms with E-state index in [4.69, 9.17) is 0 Å². The van der Waals surface area contributed by atoms with E-state index >= 15 is 0 Å². The number of anilines is 1. The lowest BCUT2D eigenvalue weighted by Gasteiger charge is -2.42. The molecule has 0 unspecified atom stereocenters. The van der Waals surface area contributed by atoms with Crippen molar-refractivity contribution in [2.75, 3.05) is 38.7 Å². The molecular weight excluding hydrogens is 274 g/mol. The molecule has 0 amide bonds. The Bertz CT molecular complexity index is 484. The molecular formula is C18H29N3O. The minimum Gasteiger partial charge on any atom is -0.396 e. The minimum absolute atomic E-state index is 0.149. The number of pyridine rings is 1. The first-order valence-corrected chi connectivity index (χ1v) is 8.56. The molecule has 1 saturated heterocycles. The van der Waals surface area contributed by atoms with E-state index in [0.29, 0.717) is 6.61 Å². The predicted molar refractivity (Wildman–Crippen MR) is 89.9 cm³/mol. The third-order valence-electron chi connectivity index (χ3n) is 5.17. The maximum absolute atomic E-state index is 9.95. The van der Waals surface area contributed by atoms with E-state index in [1.807, 2.05) is 25.2 Å². The summed E-state index contributed by atoms with van der Waals surface area (Å²) in [5.74, 6) is 1.88. The van der Waals surface area contributed by atoms with Crippen LogP contribution < -0.4 is 4.90 Å². The largest absolute Gasteiger partial charge is 0.396 e. The van der Waals surface area contributed by atoms with Gasteiger partial charge in [0.05, 0.1) is 0 Å². The van der Waals surface area contributed by atoms with Crippen LogP contribution in [0.15, 0.2) is 18.3 Å². The molecule has 1 aliphatic carbocycles. The highest BCUT2D eigenvalue weighted by atomic mass is 16.3. The van der Waals surface area contributed by atoms with Gasteiger partial charge in [-0.15, -0.1) is 0 Å². The Morgan fingerprint density at radius 2 is 2.18 bits per heavy atom. The van der Waals surface area contributed by atoms with Gasteiger partial charge >= 0.3 is 0 Å². The highest BCUT2D eigenvalue weighted by molar-refractivity contribution is 5.37. The second kappa shape index (κ2) is 6.55. The van der Waals surface area contributed by atoms with Gasteiger partial charge in [-0.25, -0.2) is 4.98 Å². The fourth-order valence-corrected chi connectivity index (χ4v) is 3.77. The van der Waals surface area contributed by atoms with E-state index in [9.17, 15) is 5.11 Å². The van der Waals surface area contributed by atoms with Crippen LogP contribution in [0.3, 0.4) is 0 Å². The number of aromatic nitrogens is 1. The van der Waals surface area contributed by atoms with Crippen molar-refractivity contribution >= 4 is 5.82 Å². The van der Waals surface area contributed by atoms with Crippen LogP contribution in [-0.4, -0.2) is 48.8 Å². The molecule has 1 aliphatic heterocycles. The molecule has 1 aromatic heterocycles. The van der Waals surface area contributed by atoms with Gasteiger partial charge < -0.3 is 10.0 Å². The number of nitrogens with zero attached hydrogens (tertiary/aromatic N) is 3. The van der Waals surface area contributed by atoms with Crippen molar-refractivity contribution in [1.29, 1.82) is 0 Å². The van der Waals surface area contributed by atoms with E-state index in [2.05, 4.69) is 22.0 Å². The lowest BCUT2D eigenvalue weighted by molar-refractivity contribution is 0.0180. The van der Waals surface area contributed by atoms with Crippen molar-refractivity contribution in [1.82, 2.24) is 9.88 Å². The fourth-order valence-electron chi connectivity index (χ4n) is 3.77. The molecule has 2 aliphatic rings. The summed E-state index contributed by atoms with van der Waals surface area (Å²) in [6.45, 7) is 3.47. The Morgan fingerprint density at radius 3 is 2.77 bits per heavy atom. The molecule has 1 saturated carbocycles. The molecule has 1 aromatic rings. The topological polar surface area (TPSA) is 39.6 Å². The maximum atomic E-state index is 9.95. The first kappa shape index (κ1) is 15.8. The summed E-state index contributed by atoms with van der Waals surface area (Å²) in [6, 6.07) is 4.27. The number of rotatable bonds is 6. The van der Waals surface area contributed by atoms with Gasteiger partial charge in [0.25, 0.3) is 0 Å². The molecule has 0 spiro atoms. The van der Waals surface area contributed by atoms with Crippen LogP contribution in [0, 0.1) is 11.3 Å². The molecule has 4 heteroatoms. The van der Waals surface area contributed by atoms with Crippen molar-refractivity contribution in [3.8, 4) is 0 Å². The van der Waals surface area contributed by atoms with Gasteiger partial charge in [-0.3, -0.25) is 4.90 Å². The van der Waals surface area contributed by atoms with E-state index < -0.39 is 0 Å². The summed E-state index contributed by atoms with van der Waals surface area (Å²) >= 11 is 0. The number of likely N-dealkylation sites (tertiary alicyclic amines) is 1. The van der Waals surface area contributed by atoms with Crippen molar-refractivity contribution in [2.45, 2.75) is 38.6 Å². The van der Waals surface area contributed by atoms with Gasteiger partial charge in [-0.2, -0.15) is 0 Å². The van der Waals surface area contributed by atoms with Crippen LogP contribution >= 0.6 is 0 Å². The molecule has 1 N–H and O–H groups in total. The van der Waals surface area contributed by atoms with E-state index in [0.717, 1.165) is 31.4 Å². The van der Waals surface area contributed by atoms with Gasteiger partial charge in [0.1, 0.15) is 5.82 Å². The monoisotopic (exact) mass is 303 g/mol. The van der Waals surface area contributed by atoms with Crippen molar-refractivity contribution in [3.05, 3.63) is 23.9 Å². The zero-order valence-corrected chi connectivity index (χ0v) is 14.0. The van der Waals surface area contributed by atoms with Gasteiger partial charge in [0.15, 0.2) is 0 Å². The van der Waals surface area contributed by atoms with E-state index in [1.54, 1.807) is 0 Å². The summed E-state index contributed by atoms with van der Waals surface area (Å²) in [6.07, 6.45) is 8.35. The molecule has 0 bridgehead atoms. The lowest BCUT2D eigenvalue weighted by atomic mass is 9.76. The number of aliphatic hydroxyl groups is 1. The molecule has 122 valence electrons. The Kier molecular flexibility index (Phi) is 4.69. The van der Waals surface area contributed by atoms with Gasteiger partial charge in [-0.05, 0) is 43.4 Å². The highest BCUT2D eigenvalue weighted by Gasteiger charge is 2.39. The molecule has 2 fully saturated rings. The zero-order valence-electron chi connectivity index (χ0n) is 14.0. The first-order valence-electron chi connectivity index (χ1n) is 8.56. The Labute approximate surface area is 134 Å². The van der Waals surface area contributed by atoms with Crippen LogP contribution in [0.1, 0.15) is 37.7 Å². The fraction of sp³-hybridized carbons (Fsp3) is 0.722. The summed E-state index contributed by atoms with van der Waals surface area (Å²) in [7, 11) is 4.03. The zero-order chi connectivity index (χ0) is 15.6. The first-order chi connectivity index (χ1) is 10.6. The van der Waals surface area contributed by atoms with Gasteiger partial charge in [0.2, 0.25) is 0 Å². The Morgan fingerprint density at radius 1 is 1.36 bits per heavy atom. The SMILES string of the molecule is CN(C)c1ccc(CN2CCC[C@@](CO)(CC3CC3)C2)cn1. The third kappa shape index (κ3) is 3.79. The molecule has 3 rings (SSSR count). The summed E-state index contributed by atoms with van der Waals surface area (Å²) in [5, 5.41) is 9.95. The smallest absolute Gasteiger partial charge is 0.127 e. The van der Waals surface area contributed by atoms with Gasteiger partial charge in [0, 0.05) is 45.4 Å².